The average Bonchev–Trinajstić information content (AvgIpc) is 3.50. The highest BCUT2D eigenvalue weighted by Crippen LogP contribution is 2.29. The smallest absolute Gasteiger partial charge is 0.255 e. The van der Waals surface area contributed by atoms with Gasteiger partial charge in [0.1, 0.15) is 23.9 Å². The quantitative estimate of drug-likeness (QED) is 0.452. The molecule has 0 bridgehead atoms. The number of benzene rings is 2. The first-order valence-electron chi connectivity index (χ1n) is 10.2. The van der Waals surface area contributed by atoms with E-state index >= 15 is 0 Å². The van der Waals surface area contributed by atoms with Gasteiger partial charge in [0, 0.05) is 23.6 Å². The standard InChI is InChI=1S/C24H21N3O4/c28-24(27-17-6-7-17)21-14-30-22-11-19(8-9-20(21)22)31-23-10-18(25-15-26-23)13-29-12-16-4-2-1-3-5-16/h1-5,8-11,14-15,17H,6-7,12-13H2,(H,27,28). The van der Waals surface area contributed by atoms with Crippen LogP contribution >= 0.6 is 0 Å². The number of nitrogens with one attached hydrogen (secondary N) is 1. The summed E-state index contributed by atoms with van der Waals surface area (Å²) in [5, 5.41) is 3.73. The van der Waals surface area contributed by atoms with Gasteiger partial charge >= 0.3 is 0 Å². The van der Waals surface area contributed by atoms with Gasteiger partial charge in [-0.3, -0.25) is 4.79 Å². The highest BCUT2D eigenvalue weighted by atomic mass is 16.5. The molecule has 0 aliphatic heterocycles. The third-order valence-corrected chi connectivity index (χ3v) is 4.99. The lowest BCUT2D eigenvalue weighted by atomic mass is 10.1. The number of ether oxygens (including phenoxy) is 2. The molecule has 2 aromatic carbocycles. The molecule has 2 aromatic heterocycles. The van der Waals surface area contributed by atoms with E-state index in [1.165, 1.54) is 12.6 Å². The number of furan rings is 1. The van der Waals surface area contributed by atoms with Gasteiger partial charge in [0.05, 0.1) is 24.5 Å². The van der Waals surface area contributed by atoms with Crippen molar-refractivity contribution in [3.63, 3.8) is 0 Å². The van der Waals surface area contributed by atoms with E-state index in [1.807, 2.05) is 36.4 Å². The number of fused-ring (bicyclic) bond motifs is 1. The molecule has 1 aliphatic carbocycles. The molecule has 2 heterocycles. The Labute approximate surface area is 179 Å². The molecule has 1 saturated carbocycles. The zero-order valence-corrected chi connectivity index (χ0v) is 16.8. The van der Waals surface area contributed by atoms with Crippen molar-refractivity contribution in [2.45, 2.75) is 32.1 Å². The molecular formula is C24H21N3O4. The van der Waals surface area contributed by atoms with E-state index in [4.69, 9.17) is 13.9 Å². The first-order valence-corrected chi connectivity index (χ1v) is 10.2. The molecule has 5 rings (SSSR count). The summed E-state index contributed by atoms with van der Waals surface area (Å²) in [5.41, 5.74) is 2.94. The molecule has 7 nitrogen and oxygen atoms in total. The minimum absolute atomic E-state index is 0.106. The SMILES string of the molecule is O=C(NC1CC1)c1coc2cc(Oc3cc(COCc4ccccc4)ncn3)ccc12. The minimum atomic E-state index is -0.106. The average molecular weight is 415 g/mol. The lowest BCUT2D eigenvalue weighted by Crippen LogP contribution is -2.24. The van der Waals surface area contributed by atoms with E-state index in [9.17, 15) is 4.79 Å². The Hall–Kier alpha value is -3.71. The van der Waals surface area contributed by atoms with Gasteiger partial charge in [0.2, 0.25) is 5.88 Å². The fourth-order valence-electron chi connectivity index (χ4n) is 3.22. The van der Waals surface area contributed by atoms with Gasteiger partial charge in [-0.05, 0) is 30.5 Å². The predicted octanol–water partition coefficient (Wildman–Crippen LogP) is 4.62. The summed E-state index contributed by atoms with van der Waals surface area (Å²) in [4.78, 5) is 20.7. The van der Waals surface area contributed by atoms with Crippen molar-refractivity contribution in [3.05, 3.63) is 84.0 Å². The van der Waals surface area contributed by atoms with Crippen molar-refractivity contribution < 1.29 is 18.7 Å². The fourth-order valence-corrected chi connectivity index (χ4v) is 3.22. The van der Waals surface area contributed by atoms with Gasteiger partial charge in [-0.1, -0.05) is 30.3 Å². The molecule has 0 spiro atoms. The molecule has 4 aromatic rings. The zero-order valence-electron chi connectivity index (χ0n) is 16.8. The van der Waals surface area contributed by atoms with E-state index in [1.54, 1.807) is 18.2 Å². The predicted molar refractivity (Wildman–Crippen MR) is 114 cm³/mol. The van der Waals surface area contributed by atoms with Crippen LogP contribution in [0.1, 0.15) is 34.5 Å². The summed E-state index contributed by atoms with van der Waals surface area (Å²) < 4.78 is 17.2. The van der Waals surface area contributed by atoms with Crippen LogP contribution in [0.4, 0.5) is 0 Å². The number of hydrogen-bond donors (Lipinski definition) is 1. The normalized spacial score (nSPS) is 13.3. The van der Waals surface area contributed by atoms with Crippen LogP contribution in [0.15, 0.2) is 71.6 Å². The zero-order chi connectivity index (χ0) is 21.0. The van der Waals surface area contributed by atoms with E-state index in [-0.39, 0.29) is 5.91 Å². The van der Waals surface area contributed by atoms with Crippen molar-refractivity contribution in [1.82, 2.24) is 15.3 Å². The van der Waals surface area contributed by atoms with Crippen molar-refractivity contribution in [3.8, 4) is 11.6 Å². The van der Waals surface area contributed by atoms with Crippen LogP contribution in [-0.4, -0.2) is 21.9 Å². The Morgan fingerprint density at radius 2 is 1.94 bits per heavy atom. The molecule has 1 amide bonds. The summed E-state index contributed by atoms with van der Waals surface area (Å²) in [7, 11) is 0. The van der Waals surface area contributed by atoms with Crippen molar-refractivity contribution >= 4 is 16.9 Å². The second-order valence-corrected chi connectivity index (χ2v) is 7.48. The highest BCUT2D eigenvalue weighted by Gasteiger charge is 2.25. The molecule has 1 fully saturated rings. The fraction of sp³-hybridized carbons (Fsp3) is 0.208. The van der Waals surface area contributed by atoms with Crippen molar-refractivity contribution in [1.29, 1.82) is 0 Å². The van der Waals surface area contributed by atoms with Crippen LogP contribution < -0.4 is 10.1 Å². The third kappa shape index (κ3) is 4.73. The highest BCUT2D eigenvalue weighted by molar-refractivity contribution is 6.06. The van der Waals surface area contributed by atoms with E-state index in [2.05, 4.69) is 15.3 Å². The van der Waals surface area contributed by atoms with Gasteiger partial charge in [0.25, 0.3) is 5.91 Å². The molecular weight excluding hydrogens is 394 g/mol. The maximum Gasteiger partial charge on any atom is 0.255 e. The minimum Gasteiger partial charge on any atom is -0.463 e. The molecule has 0 radical (unpaired) electrons. The van der Waals surface area contributed by atoms with Gasteiger partial charge in [-0.15, -0.1) is 0 Å². The van der Waals surface area contributed by atoms with Crippen LogP contribution in [0.2, 0.25) is 0 Å². The molecule has 7 heteroatoms. The number of hydrogen-bond acceptors (Lipinski definition) is 6. The molecule has 0 saturated heterocycles. The molecule has 1 aliphatic rings. The molecule has 1 N–H and O–H groups in total. The number of nitrogens with zero attached hydrogens (tertiary/aromatic N) is 2. The summed E-state index contributed by atoms with van der Waals surface area (Å²) in [6.45, 7) is 0.858. The van der Waals surface area contributed by atoms with Gasteiger partial charge in [0.15, 0.2) is 0 Å². The Morgan fingerprint density at radius 1 is 1.06 bits per heavy atom. The Bertz CT molecular complexity index is 1200. The van der Waals surface area contributed by atoms with E-state index < -0.39 is 0 Å². The number of rotatable bonds is 8. The monoisotopic (exact) mass is 415 g/mol. The first-order chi connectivity index (χ1) is 15.2. The van der Waals surface area contributed by atoms with E-state index in [0.29, 0.717) is 42.0 Å². The maximum absolute atomic E-state index is 12.3. The first kappa shape index (κ1) is 19.3. The summed E-state index contributed by atoms with van der Waals surface area (Å²) in [5.74, 6) is 0.864. The molecule has 0 unspecified atom stereocenters. The Morgan fingerprint density at radius 3 is 2.77 bits per heavy atom. The summed E-state index contributed by atoms with van der Waals surface area (Å²) in [6.07, 6.45) is 5.01. The number of aromatic nitrogens is 2. The number of carbonyl (C=O) groups is 1. The molecule has 0 atom stereocenters. The lowest BCUT2D eigenvalue weighted by molar-refractivity contribution is 0.0952. The van der Waals surface area contributed by atoms with Crippen LogP contribution in [-0.2, 0) is 18.0 Å². The van der Waals surface area contributed by atoms with Crippen LogP contribution in [0.3, 0.4) is 0 Å². The summed E-state index contributed by atoms with van der Waals surface area (Å²) >= 11 is 0. The second kappa shape index (κ2) is 8.57. The maximum atomic E-state index is 12.3. The van der Waals surface area contributed by atoms with Crippen molar-refractivity contribution in [2.24, 2.45) is 0 Å². The third-order valence-electron chi connectivity index (χ3n) is 4.99. The summed E-state index contributed by atoms with van der Waals surface area (Å²) in [6, 6.07) is 17.4. The Kier molecular flexibility index (Phi) is 5.33. The van der Waals surface area contributed by atoms with Gasteiger partial charge in [-0.2, -0.15) is 0 Å². The Balaban J connectivity index is 1.24. The van der Waals surface area contributed by atoms with Crippen LogP contribution in [0, 0.1) is 0 Å². The van der Waals surface area contributed by atoms with Gasteiger partial charge in [-0.25, -0.2) is 9.97 Å². The topological polar surface area (TPSA) is 86.5 Å². The largest absolute Gasteiger partial charge is 0.463 e. The lowest BCUT2D eigenvalue weighted by Gasteiger charge is -2.07. The number of amides is 1. The molecule has 156 valence electrons. The number of carbonyl (C=O) groups excluding carboxylic acids is 1. The second-order valence-electron chi connectivity index (χ2n) is 7.48. The van der Waals surface area contributed by atoms with E-state index in [0.717, 1.165) is 29.5 Å². The van der Waals surface area contributed by atoms with Crippen LogP contribution in [0.25, 0.3) is 11.0 Å². The van der Waals surface area contributed by atoms with Crippen molar-refractivity contribution in [2.75, 3.05) is 0 Å². The van der Waals surface area contributed by atoms with Gasteiger partial charge < -0.3 is 19.2 Å². The molecule has 31 heavy (non-hydrogen) atoms. The van der Waals surface area contributed by atoms with Crippen LogP contribution in [0.5, 0.6) is 11.6 Å².